The summed E-state index contributed by atoms with van der Waals surface area (Å²) in [4.78, 5) is 12.7. The van der Waals surface area contributed by atoms with Crippen LogP contribution in [0.15, 0.2) is 42.6 Å². The van der Waals surface area contributed by atoms with Crippen LogP contribution in [-0.4, -0.2) is 26.3 Å². The minimum Gasteiger partial charge on any atom is -0.345 e. The first-order chi connectivity index (χ1) is 12.0. The Bertz CT molecular complexity index is 916. The molecule has 7 heteroatoms. The zero-order valence-corrected chi connectivity index (χ0v) is 14.9. The molecule has 0 saturated heterocycles. The van der Waals surface area contributed by atoms with Crippen molar-refractivity contribution in [3.8, 4) is 0 Å². The number of fused-ring (bicyclic) bond motifs is 1. The molecule has 0 spiro atoms. The zero-order chi connectivity index (χ0) is 17.4. The van der Waals surface area contributed by atoms with E-state index in [1.807, 2.05) is 24.3 Å². The van der Waals surface area contributed by atoms with Gasteiger partial charge in [-0.15, -0.1) is 5.10 Å². The molecular weight excluding hydrogens is 359 g/mol. The molecule has 2 aromatic heterocycles. The Hall–Kier alpha value is -2.11. The Morgan fingerprint density at radius 1 is 1.24 bits per heavy atom. The zero-order valence-electron chi connectivity index (χ0n) is 13.4. The summed E-state index contributed by atoms with van der Waals surface area (Å²) in [7, 11) is 0. The van der Waals surface area contributed by atoms with Crippen molar-refractivity contribution in [2.75, 3.05) is 0 Å². The van der Waals surface area contributed by atoms with E-state index in [0.717, 1.165) is 30.3 Å². The first kappa shape index (κ1) is 16.4. The van der Waals surface area contributed by atoms with E-state index in [9.17, 15) is 4.79 Å². The average Bonchev–Trinajstić information content (AvgIpc) is 2.99. The van der Waals surface area contributed by atoms with Crippen molar-refractivity contribution in [2.24, 2.45) is 0 Å². The lowest BCUT2D eigenvalue weighted by atomic mass is 9.72. The van der Waals surface area contributed by atoms with E-state index in [-0.39, 0.29) is 11.4 Å². The maximum Gasteiger partial charge on any atom is 0.272 e. The highest BCUT2D eigenvalue weighted by atomic mass is 35.5. The topological polar surface area (TPSA) is 59.3 Å². The molecule has 0 atom stereocenters. The van der Waals surface area contributed by atoms with Gasteiger partial charge >= 0.3 is 0 Å². The largest absolute Gasteiger partial charge is 0.345 e. The monoisotopic (exact) mass is 374 g/mol. The Morgan fingerprint density at radius 2 is 2.08 bits per heavy atom. The number of nitrogens with one attached hydrogen (secondary N) is 1. The Balaban J connectivity index is 1.55. The second-order valence-corrected chi connectivity index (χ2v) is 7.31. The number of nitrogens with zero attached hydrogens (tertiary/aromatic N) is 3. The average molecular weight is 375 g/mol. The summed E-state index contributed by atoms with van der Waals surface area (Å²) in [5.74, 6) is -0.185. The van der Waals surface area contributed by atoms with Gasteiger partial charge in [0.25, 0.3) is 5.91 Å². The smallest absolute Gasteiger partial charge is 0.272 e. The summed E-state index contributed by atoms with van der Waals surface area (Å²) in [6, 6.07) is 10.9. The summed E-state index contributed by atoms with van der Waals surface area (Å²) in [5.41, 5.74) is 1.86. The second kappa shape index (κ2) is 6.32. The van der Waals surface area contributed by atoms with Gasteiger partial charge in [-0.25, -0.2) is 0 Å². The van der Waals surface area contributed by atoms with Crippen molar-refractivity contribution in [1.82, 2.24) is 20.1 Å². The molecule has 1 fully saturated rings. The molecule has 1 amide bonds. The van der Waals surface area contributed by atoms with E-state index in [4.69, 9.17) is 23.2 Å². The fourth-order valence-corrected chi connectivity index (χ4v) is 3.71. The molecule has 0 aliphatic heterocycles. The van der Waals surface area contributed by atoms with E-state index in [0.29, 0.717) is 22.2 Å². The number of carbonyl (C=O) groups excluding carboxylic acids is 1. The van der Waals surface area contributed by atoms with Crippen LogP contribution in [0.2, 0.25) is 10.0 Å². The van der Waals surface area contributed by atoms with Gasteiger partial charge in [0.1, 0.15) is 0 Å². The van der Waals surface area contributed by atoms with Crippen molar-refractivity contribution in [2.45, 2.75) is 31.2 Å². The van der Waals surface area contributed by atoms with Crippen LogP contribution in [0.4, 0.5) is 0 Å². The molecule has 0 radical (unpaired) electrons. The molecule has 1 aliphatic rings. The van der Waals surface area contributed by atoms with E-state index in [2.05, 4.69) is 15.5 Å². The third-order valence-electron chi connectivity index (χ3n) is 4.71. The lowest BCUT2D eigenvalue weighted by molar-refractivity contribution is 0.0821. The number of benzene rings is 1. The summed E-state index contributed by atoms with van der Waals surface area (Å²) >= 11 is 12.3. The first-order valence-electron chi connectivity index (χ1n) is 8.12. The van der Waals surface area contributed by atoms with Gasteiger partial charge in [-0.1, -0.05) is 29.3 Å². The molecule has 128 valence electrons. The van der Waals surface area contributed by atoms with Gasteiger partial charge in [0.15, 0.2) is 5.69 Å². The van der Waals surface area contributed by atoms with Gasteiger partial charge < -0.3 is 5.32 Å². The third kappa shape index (κ3) is 3.22. The predicted molar refractivity (Wildman–Crippen MR) is 97.2 cm³/mol. The SMILES string of the molecule is O=C(NC1(Cc2ccc(Cl)cc2Cl)CCC1)c1cc2cccnn2n1. The Labute approximate surface area is 154 Å². The first-order valence-corrected chi connectivity index (χ1v) is 8.88. The summed E-state index contributed by atoms with van der Waals surface area (Å²) in [6.07, 6.45) is 5.24. The molecule has 1 aliphatic carbocycles. The van der Waals surface area contributed by atoms with Gasteiger partial charge in [-0.3, -0.25) is 4.79 Å². The van der Waals surface area contributed by atoms with Crippen molar-refractivity contribution in [3.05, 3.63) is 63.9 Å². The molecule has 2 heterocycles. The molecule has 4 rings (SSSR count). The molecular formula is C18H16Cl2N4O. The van der Waals surface area contributed by atoms with Gasteiger partial charge in [0, 0.05) is 21.8 Å². The highest BCUT2D eigenvalue weighted by molar-refractivity contribution is 6.35. The van der Waals surface area contributed by atoms with Gasteiger partial charge in [-0.05, 0) is 61.6 Å². The van der Waals surface area contributed by atoms with E-state index < -0.39 is 0 Å². The number of hydrogen-bond donors (Lipinski definition) is 1. The number of carbonyl (C=O) groups is 1. The highest BCUT2D eigenvalue weighted by Crippen LogP contribution is 2.37. The molecule has 1 aromatic carbocycles. The molecule has 0 bridgehead atoms. The van der Waals surface area contributed by atoms with E-state index in [1.165, 1.54) is 4.63 Å². The van der Waals surface area contributed by atoms with E-state index >= 15 is 0 Å². The lowest BCUT2D eigenvalue weighted by Crippen LogP contribution is -2.55. The van der Waals surface area contributed by atoms with Crippen molar-refractivity contribution in [3.63, 3.8) is 0 Å². The molecule has 0 unspecified atom stereocenters. The van der Waals surface area contributed by atoms with Crippen molar-refractivity contribution < 1.29 is 4.79 Å². The molecule has 5 nitrogen and oxygen atoms in total. The van der Waals surface area contributed by atoms with Gasteiger partial charge in [0.05, 0.1) is 5.52 Å². The molecule has 1 saturated carbocycles. The van der Waals surface area contributed by atoms with Crippen LogP contribution in [0.5, 0.6) is 0 Å². The van der Waals surface area contributed by atoms with Crippen LogP contribution < -0.4 is 5.32 Å². The fraction of sp³-hybridized carbons (Fsp3) is 0.278. The third-order valence-corrected chi connectivity index (χ3v) is 5.30. The van der Waals surface area contributed by atoms with Crippen LogP contribution in [-0.2, 0) is 6.42 Å². The van der Waals surface area contributed by atoms with Crippen LogP contribution in [0.25, 0.3) is 5.52 Å². The minimum atomic E-state index is -0.280. The maximum atomic E-state index is 12.7. The molecule has 25 heavy (non-hydrogen) atoms. The molecule has 1 N–H and O–H groups in total. The highest BCUT2D eigenvalue weighted by Gasteiger charge is 2.39. The van der Waals surface area contributed by atoms with Crippen LogP contribution >= 0.6 is 23.2 Å². The second-order valence-electron chi connectivity index (χ2n) is 6.47. The lowest BCUT2D eigenvalue weighted by Gasteiger charge is -2.43. The van der Waals surface area contributed by atoms with Gasteiger partial charge in [0.2, 0.25) is 0 Å². The Morgan fingerprint density at radius 3 is 2.76 bits per heavy atom. The van der Waals surface area contributed by atoms with Gasteiger partial charge in [-0.2, -0.15) is 9.73 Å². The predicted octanol–water partition coefficient (Wildman–Crippen LogP) is 3.93. The Kier molecular flexibility index (Phi) is 4.13. The maximum absolute atomic E-state index is 12.7. The minimum absolute atomic E-state index is 0.185. The van der Waals surface area contributed by atoms with Crippen molar-refractivity contribution in [1.29, 1.82) is 0 Å². The number of aromatic nitrogens is 3. The normalized spacial score (nSPS) is 15.8. The number of rotatable bonds is 4. The van der Waals surface area contributed by atoms with Crippen LogP contribution in [0.1, 0.15) is 35.3 Å². The quantitative estimate of drug-likeness (QED) is 0.752. The summed E-state index contributed by atoms with van der Waals surface area (Å²) in [5, 5.41) is 12.7. The number of halogens is 2. The summed E-state index contributed by atoms with van der Waals surface area (Å²) < 4.78 is 1.46. The molecule has 3 aromatic rings. The standard InChI is InChI=1S/C18H16Cl2N4O/c19-13-5-4-12(15(20)9-13)11-18(6-2-7-18)22-17(25)16-10-14-3-1-8-21-24(14)23-16/h1,3-5,8-10H,2,6-7,11H2,(H,22,25). The fourth-order valence-electron chi connectivity index (χ4n) is 3.23. The number of hydrogen-bond acceptors (Lipinski definition) is 3. The van der Waals surface area contributed by atoms with E-state index in [1.54, 1.807) is 18.3 Å². The van der Waals surface area contributed by atoms with Crippen LogP contribution in [0, 0.1) is 0 Å². The number of amides is 1. The van der Waals surface area contributed by atoms with Crippen molar-refractivity contribution >= 4 is 34.6 Å². The van der Waals surface area contributed by atoms with Crippen LogP contribution in [0.3, 0.4) is 0 Å². The summed E-state index contributed by atoms with van der Waals surface area (Å²) in [6.45, 7) is 0.